The standard InChI is InChI=1S/C22H26N6O/c1-28(18-10-16-3-2-4-17(11-18)25-16)22-8-7-20(26-27-22)19-6-5-14(9-21(19)29)15-12-23-24-13-15/h5-9,12-13,16-18,25,29H,2-4,10-11H2,1H3,(H,23,24)/t16-,17-/m1/s1. The number of aromatic nitrogens is 4. The number of hydrogen-bond donors (Lipinski definition) is 3. The summed E-state index contributed by atoms with van der Waals surface area (Å²) in [6, 6.07) is 11.3. The van der Waals surface area contributed by atoms with Crippen LogP contribution in [-0.2, 0) is 0 Å². The first-order valence-corrected chi connectivity index (χ1v) is 10.3. The number of phenols is 1. The molecule has 0 unspecified atom stereocenters. The van der Waals surface area contributed by atoms with Crippen LogP contribution < -0.4 is 10.2 Å². The van der Waals surface area contributed by atoms with Crippen molar-refractivity contribution < 1.29 is 5.11 Å². The van der Waals surface area contributed by atoms with E-state index in [4.69, 9.17) is 0 Å². The van der Waals surface area contributed by atoms with Gasteiger partial charge in [0.15, 0.2) is 5.82 Å². The summed E-state index contributed by atoms with van der Waals surface area (Å²) in [6.07, 6.45) is 9.75. The Morgan fingerprint density at radius 1 is 1.03 bits per heavy atom. The molecule has 3 N–H and O–H groups in total. The number of rotatable bonds is 4. The largest absolute Gasteiger partial charge is 0.507 e. The average molecular weight is 390 g/mol. The molecule has 2 fully saturated rings. The van der Waals surface area contributed by atoms with E-state index < -0.39 is 0 Å². The van der Waals surface area contributed by atoms with E-state index in [0.717, 1.165) is 29.8 Å². The summed E-state index contributed by atoms with van der Waals surface area (Å²) >= 11 is 0. The molecule has 2 saturated heterocycles. The number of hydrogen-bond acceptors (Lipinski definition) is 6. The lowest BCUT2D eigenvalue weighted by Gasteiger charge is -2.43. The van der Waals surface area contributed by atoms with E-state index >= 15 is 0 Å². The summed E-state index contributed by atoms with van der Waals surface area (Å²) in [4.78, 5) is 2.27. The second-order valence-corrected chi connectivity index (χ2v) is 8.22. The van der Waals surface area contributed by atoms with Crippen LogP contribution in [0.5, 0.6) is 5.75 Å². The van der Waals surface area contributed by atoms with Crippen LogP contribution in [0.4, 0.5) is 5.82 Å². The van der Waals surface area contributed by atoms with Gasteiger partial charge < -0.3 is 15.3 Å². The van der Waals surface area contributed by atoms with Crippen LogP contribution in [0.3, 0.4) is 0 Å². The maximum absolute atomic E-state index is 10.5. The molecule has 2 aliphatic heterocycles. The Bertz CT molecular complexity index is 959. The molecule has 150 valence electrons. The zero-order chi connectivity index (χ0) is 19.8. The first kappa shape index (κ1) is 18.1. The van der Waals surface area contributed by atoms with Crippen LogP contribution >= 0.6 is 0 Å². The molecule has 4 heterocycles. The number of aromatic amines is 1. The van der Waals surface area contributed by atoms with Gasteiger partial charge in [-0.3, -0.25) is 5.10 Å². The van der Waals surface area contributed by atoms with Gasteiger partial charge in [0.2, 0.25) is 0 Å². The number of aromatic hydroxyl groups is 1. The molecule has 29 heavy (non-hydrogen) atoms. The Labute approximate surface area is 170 Å². The highest BCUT2D eigenvalue weighted by Gasteiger charge is 2.33. The Morgan fingerprint density at radius 3 is 2.52 bits per heavy atom. The van der Waals surface area contributed by atoms with Gasteiger partial charge in [-0.1, -0.05) is 12.5 Å². The number of anilines is 1. The Morgan fingerprint density at radius 2 is 1.86 bits per heavy atom. The van der Waals surface area contributed by atoms with Crippen molar-refractivity contribution in [2.45, 2.75) is 50.2 Å². The molecule has 2 bridgehead atoms. The number of piperidine rings is 2. The summed E-state index contributed by atoms with van der Waals surface area (Å²) < 4.78 is 0. The van der Waals surface area contributed by atoms with Crippen LogP contribution in [0.25, 0.3) is 22.4 Å². The lowest BCUT2D eigenvalue weighted by molar-refractivity contribution is 0.219. The molecule has 2 atom stereocenters. The van der Waals surface area contributed by atoms with Crippen molar-refractivity contribution in [3.8, 4) is 28.1 Å². The van der Waals surface area contributed by atoms with Crippen molar-refractivity contribution >= 4 is 5.82 Å². The molecule has 5 rings (SSSR count). The van der Waals surface area contributed by atoms with Gasteiger partial charge in [-0.15, -0.1) is 10.2 Å². The van der Waals surface area contributed by atoms with Crippen molar-refractivity contribution in [2.24, 2.45) is 0 Å². The van der Waals surface area contributed by atoms with Crippen molar-refractivity contribution in [3.63, 3.8) is 0 Å². The highest BCUT2D eigenvalue weighted by atomic mass is 16.3. The summed E-state index contributed by atoms with van der Waals surface area (Å²) in [6.45, 7) is 0. The van der Waals surface area contributed by atoms with E-state index in [-0.39, 0.29) is 5.75 Å². The summed E-state index contributed by atoms with van der Waals surface area (Å²) in [5, 5.41) is 29.9. The van der Waals surface area contributed by atoms with Crippen molar-refractivity contribution in [3.05, 3.63) is 42.7 Å². The maximum Gasteiger partial charge on any atom is 0.151 e. The average Bonchev–Trinajstić information content (AvgIpc) is 3.28. The zero-order valence-electron chi connectivity index (χ0n) is 16.5. The minimum absolute atomic E-state index is 0.185. The Kier molecular flexibility index (Phi) is 4.67. The van der Waals surface area contributed by atoms with Crippen LogP contribution in [-0.4, -0.2) is 50.7 Å². The van der Waals surface area contributed by atoms with Crippen LogP contribution in [0.1, 0.15) is 32.1 Å². The molecule has 3 aromatic rings. The van der Waals surface area contributed by atoms with Gasteiger partial charge >= 0.3 is 0 Å². The minimum atomic E-state index is 0.185. The van der Waals surface area contributed by atoms with E-state index in [2.05, 4.69) is 37.7 Å². The normalized spacial score (nSPS) is 23.7. The van der Waals surface area contributed by atoms with Gasteiger partial charge in [0, 0.05) is 42.5 Å². The van der Waals surface area contributed by atoms with Crippen LogP contribution in [0, 0.1) is 0 Å². The molecular weight excluding hydrogens is 364 g/mol. The first-order chi connectivity index (χ1) is 14.2. The van der Waals surface area contributed by atoms with Gasteiger partial charge in [-0.25, -0.2) is 0 Å². The molecule has 1 aromatic carbocycles. The van der Waals surface area contributed by atoms with Gasteiger partial charge in [-0.2, -0.15) is 5.10 Å². The number of phenolic OH excluding ortho intramolecular Hbond substituents is 1. The molecule has 7 nitrogen and oxygen atoms in total. The maximum atomic E-state index is 10.5. The first-order valence-electron chi connectivity index (χ1n) is 10.3. The molecule has 7 heteroatoms. The van der Waals surface area contributed by atoms with Gasteiger partial charge in [0.25, 0.3) is 0 Å². The Hall–Kier alpha value is -2.93. The number of fused-ring (bicyclic) bond motifs is 2. The molecule has 0 spiro atoms. The highest BCUT2D eigenvalue weighted by Crippen LogP contribution is 2.33. The van der Waals surface area contributed by atoms with E-state index in [1.165, 1.54) is 19.3 Å². The zero-order valence-corrected chi connectivity index (χ0v) is 16.5. The second kappa shape index (κ2) is 7.48. The van der Waals surface area contributed by atoms with Gasteiger partial charge in [0.1, 0.15) is 5.75 Å². The number of nitrogens with zero attached hydrogens (tertiary/aromatic N) is 4. The number of nitrogens with one attached hydrogen (secondary N) is 2. The third-order valence-corrected chi connectivity index (χ3v) is 6.35. The molecule has 0 radical (unpaired) electrons. The van der Waals surface area contributed by atoms with Crippen LogP contribution in [0.15, 0.2) is 42.7 Å². The fourth-order valence-electron chi connectivity index (χ4n) is 4.73. The lowest BCUT2D eigenvalue weighted by Crippen LogP contribution is -2.54. The molecular formula is C22H26N6O. The van der Waals surface area contributed by atoms with E-state index in [1.54, 1.807) is 18.5 Å². The summed E-state index contributed by atoms with van der Waals surface area (Å²) in [5.74, 6) is 1.07. The lowest BCUT2D eigenvalue weighted by atomic mass is 9.83. The highest BCUT2D eigenvalue weighted by molar-refractivity contribution is 5.73. The third-order valence-electron chi connectivity index (χ3n) is 6.35. The fourth-order valence-corrected chi connectivity index (χ4v) is 4.73. The summed E-state index contributed by atoms with van der Waals surface area (Å²) in [7, 11) is 2.12. The second-order valence-electron chi connectivity index (χ2n) is 8.22. The van der Waals surface area contributed by atoms with Crippen molar-refractivity contribution in [1.82, 2.24) is 25.7 Å². The third kappa shape index (κ3) is 3.58. The number of benzene rings is 1. The fraction of sp³-hybridized carbons (Fsp3) is 0.409. The predicted octanol–water partition coefficient (Wildman–Crippen LogP) is 3.35. The monoisotopic (exact) mass is 390 g/mol. The number of H-pyrrole nitrogens is 1. The van der Waals surface area contributed by atoms with Gasteiger partial charge in [-0.05, 0) is 55.5 Å². The predicted molar refractivity (Wildman–Crippen MR) is 113 cm³/mol. The van der Waals surface area contributed by atoms with Crippen molar-refractivity contribution in [2.75, 3.05) is 11.9 Å². The van der Waals surface area contributed by atoms with E-state index in [1.807, 2.05) is 24.3 Å². The van der Waals surface area contributed by atoms with E-state index in [9.17, 15) is 5.11 Å². The van der Waals surface area contributed by atoms with Crippen molar-refractivity contribution in [1.29, 1.82) is 0 Å². The molecule has 0 amide bonds. The minimum Gasteiger partial charge on any atom is -0.507 e. The quantitative estimate of drug-likeness (QED) is 0.633. The van der Waals surface area contributed by atoms with Crippen LogP contribution in [0.2, 0.25) is 0 Å². The molecule has 2 aliphatic rings. The Balaban J connectivity index is 1.33. The molecule has 0 aliphatic carbocycles. The topological polar surface area (TPSA) is 90.0 Å². The smallest absolute Gasteiger partial charge is 0.151 e. The molecule has 2 aromatic heterocycles. The van der Waals surface area contributed by atoms with Gasteiger partial charge in [0.05, 0.1) is 11.9 Å². The molecule has 0 saturated carbocycles. The summed E-state index contributed by atoms with van der Waals surface area (Å²) in [5.41, 5.74) is 3.18. The van der Waals surface area contributed by atoms with E-state index in [0.29, 0.717) is 29.4 Å². The SMILES string of the molecule is CN(c1ccc(-c2ccc(-c3cn[nH]c3)cc2O)nn1)C1C[C@H]2CCC[C@H](C1)N2.